The predicted octanol–water partition coefficient (Wildman–Crippen LogP) is 3.07. The van der Waals surface area contributed by atoms with Gasteiger partial charge in [-0.05, 0) is 13.8 Å². The van der Waals surface area contributed by atoms with Crippen molar-refractivity contribution in [1.29, 1.82) is 0 Å². The largest absolute Gasteiger partial charge is 0.432 e. The number of esters is 1. The number of nitrogens with zero attached hydrogens (tertiary/aromatic N) is 1. The van der Waals surface area contributed by atoms with E-state index in [-0.39, 0.29) is 5.91 Å². The van der Waals surface area contributed by atoms with E-state index < -0.39 is 22.6 Å². The third-order valence-corrected chi connectivity index (χ3v) is 3.95. The van der Waals surface area contributed by atoms with Crippen LogP contribution in [-0.4, -0.2) is 22.3 Å². The Kier molecular flexibility index (Phi) is 3.39. The molecule has 0 aromatic heterocycles. The minimum absolute atomic E-state index is 0.0300. The van der Waals surface area contributed by atoms with Gasteiger partial charge in [0.1, 0.15) is 5.54 Å². The molecule has 0 bridgehead atoms. The van der Waals surface area contributed by atoms with Crippen molar-refractivity contribution < 1.29 is 14.3 Å². The minimum atomic E-state index is -1.01. The zero-order chi connectivity index (χ0) is 16.1. The molecule has 1 aromatic rings. The van der Waals surface area contributed by atoms with Crippen LogP contribution in [0.5, 0.6) is 0 Å². The monoisotopic (exact) mass is 289 g/mol. The van der Waals surface area contributed by atoms with E-state index in [1.165, 1.54) is 6.92 Å². The Bertz CT molecular complexity index is 571. The van der Waals surface area contributed by atoms with E-state index in [9.17, 15) is 9.59 Å². The Morgan fingerprint density at radius 2 is 1.62 bits per heavy atom. The van der Waals surface area contributed by atoms with Gasteiger partial charge in [0, 0.05) is 17.9 Å². The summed E-state index contributed by atoms with van der Waals surface area (Å²) in [5, 5.41) is 0. The average Bonchev–Trinajstić information content (AvgIpc) is 2.84. The average molecular weight is 289 g/mol. The summed E-state index contributed by atoms with van der Waals surface area (Å²) < 4.78 is 5.65. The number of benzene rings is 1. The molecule has 1 aliphatic rings. The summed E-state index contributed by atoms with van der Waals surface area (Å²) in [7, 11) is 0. The zero-order valence-electron chi connectivity index (χ0n) is 13.6. The van der Waals surface area contributed by atoms with E-state index in [0.717, 1.165) is 5.56 Å². The molecule has 1 amide bonds. The molecule has 114 valence electrons. The number of hydrogen-bond donors (Lipinski definition) is 0. The van der Waals surface area contributed by atoms with Crippen LogP contribution in [0, 0.1) is 5.41 Å². The topological polar surface area (TPSA) is 46.4 Å². The standard InChI is InChI=1S/C17H23NO3/c1-12(19)21-17(13-10-8-7-9-11-13)16(5,6)18(17)14(20)15(2,3)4/h7-11H,1-6H3. The number of hydrogen-bond acceptors (Lipinski definition) is 3. The maximum absolute atomic E-state index is 12.7. The second kappa shape index (κ2) is 4.58. The van der Waals surface area contributed by atoms with Crippen LogP contribution in [0.4, 0.5) is 0 Å². The van der Waals surface area contributed by atoms with Crippen LogP contribution in [0.25, 0.3) is 0 Å². The van der Waals surface area contributed by atoms with Gasteiger partial charge in [0.2, 0.25) is 11.6 Å². The SMILES string of the molecule is CC(=O)OC1(c2ccccc2)N(C(=O)C(C)(C)C)C1(C)C. The third kappa shape index (κ3) is 2.23. The molecule has 1 unspecified atom stereocenters. The summed E-state index contributed by atoms with van der Waals surface area (Å²) in [4.78, 5) is 26.0. The molecule has 0 aliphatic carbocycles. The Balaban J connectivity index is 2.53. The van der Waals surface area contributed by atoms with Crippen LogP contribution in [0.15, 0.2) is 30.3 Å². The lowest BCUT2D eigenvalue weighted by atomic mass is 9.95. The Hall–Kier alpha value is -1.84. The van der Waals surface area contributed by atoms with E-state index in [1.54, 1.807) is 4.90 Å². The van der Waals surface area contributed by atoms with Crippen molar-refractivity contribution in [3.63, 3.8) is 0 Å². The number of carbonyl (C=O) groups excluding carboxylic acids is 2. The van der Waals surface area contributed by atoms with Crippen molar-refractivity contribution in [2.24, 2.45) is 5.41 Å². The van der Waals surface area contributed by atoms with Gasteiger partial charge in [0.05, 0.1) is 0 Å². The van der Waals surface area contributed by atoms with Gasteiger partial charge in [-0.1, -0.05) is 51.1 Å². The van der Waals surface area contributed by atoms with Gasteiger partial charge in [-0.2, -0.15) is 0 Å². The first kappa shape index (κ1) is 15.5. The Morgan fingerprint density at radius 3 is 2.05 bits per heavy atom. The van der Waals surface area contributed by atoms with Crippen molar-refractivity contribution in [3.8, 4) is 0 Å². The molecule has 0 spiro atoms. The molecule has 21 heavy (non-hydrogen) atoms. The second-order valence-electron chi connectivity index (χ2n) is 7.05. The smallest absolute Gasteiger partial charge is 0.305 e. The summed E-state index contributed by atoms with van der Waals surface area (Å²) in [6.45, 7) is 10.8. The Labute approximate surface area is 126 Å². The minimum Gasteiger partial charge on any atom is -0.432 e. The summed E-state index contributed by atoms with van der Waals surface area (Å²) in [6.07, 6.45) is 0. The lowest BCUT2D eigenvalue weighted by Gasteiger charge is -2.23. The van der Waals surface area contributed by atoms with Gasteiger partial charge in [-0.25, -0.2) is 0 Å². The molecule has 1 aromatic carbocycles. The van der Waals surface area contributed by atoms with E-state index in [0.29, 0.717) is 0 Å². The summed E-state index contributed by atoms with van der Waals surface area (Å²) >= 11 is 0. The molecule has 0 N–H and O–H groups in total. The van der Waals surface area contributed by atoms with Crippen molar-refractivity contribution in [3.05, 3.63) is 35.9 Å². The van der Waals surface area contributed by atoms with E-state index >= 15 is 0 Å². The third-order valence-electron chi connectivity index (χ3n) is 3.95. The van der Waals surface area contributed by atoms with Gasteiger partial charge in [0.25, 0.3) is 0 Å². The van der Waals surface area contributed by atoms with Crippen LogP contribution in [0.3, 0.4) is 0 Å². The highest BCUT2D eigenvalue weighted by Crippen LogP contribution is 2.60. The molecule has 1 saturated heterocycles. The van der Waals surface area contributed by atoms with Crippen LogP contribution in [0.1, 0.15) is 47.1 Å². The maximum Gasteiger partial charge on any atom is 0.305 e. The normalized spacial score (nSPS) is 23.6. The molecule has 1 heterocycles. The van der Waals surface area contributed by atoms with Gasteiger partial charge in [-0.3, -0.25) is 14.5 Å². The van der Waals surface area contributed by atoms with E-state index in [2.05, 4.69) is 0 Å². The molecular formula is C17H23NO3. The molecule has 2 rings (SSSR count). The molecule has 0 saturated carbocycles. The maximum atomic E-state index is 12.7. The lowest BCUT2D eigenvalue weighted by molar-refractivity contribution is -0.157. The van der Waals surface area contributed by atoms with Crippen molar-refractivity contribution in [1.82, 2.24) is 4.90 Å². The second-order valence-corrected chi connectivity index (χ2v) is 7.05. The number of carbonyl (C=O) groups is 2. The molecule has 4 nitrogen and oxygen atoms in total. The number of rotatable bonds is 2. The lowest BCUT2D eigenvalue weighted by Crippen LogP contribution is -2.33. The molecule has 1 atom stereocenters. The van der Waals surface area contributed by atoms with Gasteiger partial charge >= 0.3 is 5.97 Å². The van der Waals surface area contributed by atoms with E-state index in [1.807, 2.05) is 65.0 Å². The first-order valence-corrected chi connectivity index (χ1v) is 7.15. The predicted molar refractivity (Wildman–Crippen MR) is 80.3 cm³/mol. The molecule has 0 radical (unpaired) electrons. The molecule has 4 heteroatoms. The summed E-state index contributed by atoms with van der Waals surface area (Å²) in [5.74, 6) is -0.422. The Morgan fingerprint density at radius 1 is 1.10 bits per heavy atom. The van der Waals surface area contributed by atoms with Crippen LogP contribution >= 0.6 is 0 Å². The fourth-order valence-corrected chi connectivity index (χ4v) is 2.87. The highest BCUT2D eigenvalue weighted by Gasteiger charge is 2.76. The van der Waals surface area contributed by atoms with Gasteiger partial charge in [0.15, 0.2) is 0 Å². The highest BCUT2D eigenvalue weighted by atomic mass is 16.6. The van der Waals surface area contributed by atoms with Crippen molar-refractivity contribution >= 4 is 11.9 Å². The highest BCUT2D eigenvalue weighted by molar-refractivity contribution is 5.87. The van der Waals surface area contributed by atoms with Crippen LogP contribution in [0.2, 0.25) is 0 Å². The summed E-state index contributed by atoms with van der Waals surface area (Å²) in [6, 6.07) is 9.45. The van der Waals surface area contributed by atoms with Crippen molar-refractivity contribution in [2.75, 3.05) is 0 Å². The number of ether oxygens (including phenoxy) is 1. The first-order chi connectivity index (χ1) is 9.55. The van der Waals surface area contributed by atoms with Gasteiger partial charge < -0.3 is 4.74 Å². The fourth-order valence-electron chi connectivity index (χ4n) is 2.87. The van der Waals surface area contributed by atoms with E-state index in [4.69, 9.17) is 4.74 Å². The molecule has 1 aliphatic heterocycles. The first-order valence-electron chi connectivity index (χ1n) is 7.15. The van der Waals surface area contributed by atoms with Gasteiger partial charge in [-0.15, -0.1) is 0 Å². The van der Waals surface area contributed by atoms with Crippen molar-refractivity contribution in [2.45, 2.75) is 52.8 Å². The zero-order valence-corrected chi connectivity index (χ0v) is 13.6. The van der Waals surface area contributed by atoms with Crippen LogP contribution < -0.4 is 0 Å². The molecule has 1 fully saturated rings. The summed E-state index contributed by atoms with van der Waals surface area (Å²) in [5.41, 5.74) is -1.29. The fraction of sp³-hybridized carbons (Fsp3) is 0.529. The quantitative estimate of drug-likeness (QED) is 0.621. The number of amides is 1. The van der Waals surface area contributed by atoms with Crippen LogP contribution in [-0.2, 0) is 20.1 Å². The molecular weight excluding hydrogens is 266 g/mol.